The summed E-state index contributed by atoms with van der Waals surface area (Å²) in [6.45, 7) is 1.97. The Balaban J connectivity index is 1.80. The minimum Gasteiger partial charge on any atom is -0.336 e. The molecule has 1 aromatic carbocycles. The lowest BCUT2D eigenvalue weighted by Gasteiger charge is -2.35. The van der Waals surface area contributed by atoms with Gasteiger partial charge in [0, 0.05) is 32.7 Å². The zero-order valence-corrected chi connectivity index (χ0v) is 12.3. The van der Waals surface area contributed by atoms with Crippen molar-refractivity contribution < 1.29 is 13.2 Å². The predicted molar refractivity (Wildman–Crippen MR) is 77.0 cm³/mol. The highest BCUT2D eigenvalue weighted by Gasteiger charge is 2.39. The number of nitrogens with two attached hydrogens (primary N) is 1. The van der Waals surface area contributed by atoms with E-state index in [9.17, 15) is 13.2 Å². The highest BCUT2D eigenvalue weighted by molar-refractivity contribution is 7.89. The minimum absolute atomic E-state index is 0.0793. The third-order valence-corrected chi connectivity index (χ3v) is 5.87. The Morgan fingerprint density at radius 1 is 1.24 bits per heavy atom. The van der Waals surface area contributed by atoms with Crippen LogP contribution in [0.5, 0.6) is 0 Å². The molecule has 2 heterocycles. The lowest BCUT2D eigenvalue weighted by molar-refractivity contribution is 0.164. The number of nitrogens with one attached hydrogen (secondary N) is 1. The first-order chi connectivity index (χ1) is 10.0. The number of urea groups is 1. The molecule has 3 rings (SSSR count). The average Bonchev–Trinajstić information content (AvgIpc) is 2.88. The Morgan fingerprint density at radius 3 is 2.62 bits per heavy atom. The minimum atomic E-state index is -3.52. The molecule has 2 saturated heterocycles. The maximum atomic E-state index is 12.6. The van der Waals surface area contributed by atoms with Gasteiger partial charge < -0.3 is 16.0 Å². The zero-order chi connectivity index (χ0) is 15.0. The molecule has 21 heavy (non-hydrogen) atoms. The fourth-order valence-electron chi connectivity index (χ4n) is 2.74. The summed E-state index contributed by atoms with van der Waals surface area (Å²) in [6.07, 6.45) is 0. The van der Waals surface area contributed by atoms with Crippen LogP contribution in [-0.2, 0) is 16.6 Å². The van der Waals surface area contributed by atoms with Crippen LogP contribution >= 0.6 is 0 Å². The number of carbonyl (C=O) groups excluding carboxylic acids is 1. The Bertz CT molecular complexity index is 644. The first-order valence-electron chi connectivity index (χ1n) is 6.86. The van der Waals surface area contributed by atoms with Gasteiger partial charge in [-0.25, -0.2) is 13.2 Å². The second kappa shape index (κ2) is 5.28. The van der Waals surface area contributed by atoms with Crippen LogP contribution in [-0.4, -0.2) is 55.9 Å². The van der Waals surface area contributed by atoms with E-state index >= 15 is 0 Å². The van der Waals surface area contributed by atoms with Gasteiger partial charge in [0.05, 0.1) is 10.9 Å². The van der Waals surface area contributed by atoms with Crippen molar-refractivity contribution in [2.75, 3.05) is 26.2 Å². The smallest absolute Gasteiger partial charge is 0.317 e. The lowest BCUT2D eigenvalue weighted by atomic mass is 10.2. The molecule has 2 amide bonds. The maximum Gasteiger partial charge on any atom is 0.317 e. The second-order valence-corrected chi connectivity index (χ2v) is 7.18. The van der Waals surface area contributed by atoms with Gasteiger partial charge in [-0.3, -0.25) is 0 Å². The van der Waals surface area contributed by atoms with Gasteiger partial charge in [-0.1, -0.05) is 12.1 Å². The van der Waals surface area contributed by atoms with Crippen LogP contribution in [0.15, 0.2) is 29.2 Å². The topological polar surface area (TPSA) is 95.7 Å². The molecule has 0 bridgehead atoms. The molecular formula is C13H18N4O3S. The molecule has 1 aromatic rings. The number of fused-ring (bicyclic) bond motifs is 1. The van der Waals surface area contributed by atoms with Crippen LogP contribution < -0.4 is 11.1 Å². The molecule has 2 aliphatic rings. The summed E-state index contributed by atoms with van der Waals surface area (Å²) in [7, 11) is -3.52. The monoisotopic (exact) mass is 310 g/mol. The molecule has 1 atom stereocenters. The number of nitrogens with zero attached hydrogens (tertiary/aromatic N) is 2. The molecule has 3 N–H and O–H groups in total. The van der Waals surface area contributed by atoms with E-state index in [4.69, 9.17) is 5.73 Å². The molecule has 1 unspecified atom stereocenters. The number of hydrogen-bond donors (Lipinski definition) is 2. The van der Waals surface area contributed by atoms with Gasteiger partial charge in [0.1, 0.15) is 0 Å². The van der Waals surface area contributed by atoms with Crippen LogP contribution in [0.3, 0.4) is 0 Å². The fraction of sp³-hybridized carbons (Fsp3) is 0.462. The van der Waals surface area contributed by atoms with Crippen molar-refractivity contribution in [3.8, 4) is 0 Å². The van der Waals surface area contributed by atoms with Crippen molar-refractivity contribution in [1.82, 2.24) is 14.5 Å². The molecule has 0 aliphatic carbocycles. The number of piperazine rings is 1. The van der Waals surface area contributed by atoms with E-state index in [0.29, 0.717) is 32.7 Å². The maximum absolute atomic E-state index is 12.6. The van der Waals surface area contributed by atoms with Gasteiger partial charge in [-0.15, -0.1) is 0 Å². The first-order valence-corrected chi connectivity index (χ1v) is 8.30. The third-order valence-electron chi connectivity index (χ3n) is 3.99. The van der Waals surface area contributed by atoms with E-state index in [1.165, 1.54) is 4.31 Å². The molecule has 0 aromatic heterocycles. The zero-order valence-electron chi connectivity index (χ0n) is 11.5. The number of rotatable bonds is 3. The van der Waals surface area contributed by atoms with E-state index in [1.807, 2.05) is 0 Å². The van der Waals surface area contributed by atoms with Gasteiger partial charge in [-0.2, -0.15) is 4.31 Å². The standard InChI is InChI=1S/C13H18N4O3S/c14-7-10-1-3-12(4-2-10)21(19,20)16-5-6-17-11(9-16)8-15-13(17)18/h1-4,11H,5-9,14H2,(H,15,18). The summed E-state index contributed by atoms with van der Waals surface area (Å²) in [6, 6.07) is 6.44. The quantitative estimate of drug-likeness (QED) is 0.790. The number of carbonyl (C=O) groups is 1. The van der Waals surface area contributed by atoms with Gasteiger partial charge >= 0.3 is 6.03 Å². The molecule has 8 heteroatoms. The number of sulfonamides is 1. The summed E-state index contributed by atoms with van der Waals surface area (Å²) >= 11 is 0. The molecule has 7 nitrogen and oxygen atoms in total. The SMILES string of the molecule is NCc1ccc(S(=O)(=O)N2CCN3C(=O)NCC3C2)cc1. The van der Waals surface area contributed by atoms with Crippen molar-refractivity contribution in [2.45, 2.75) is 17.5 Å². The van der Waals surface area contributed by atoms with Crippen molar-refractivity contribution in [1.29, 1.82) is 0 Å². The van der Waals surface area contributed by atoms with E-state index in [-0.39, 0.29) is 17.0 Å². The van der Waals surface area contributed by atoms with E-state index in [0.717, 1.165) is 5.56 Å². The first kappa shape index (κ1) is 14.3. The molecule has 114 valence electrons. The van der Waals surface area contributed by atoms with Crippen molar-refractivity contribution in [3.05, 3.63) is 29.8 Å². The van der Waals surface area contributed by atoms with Gasteiger partial charge in [0.2, 0.25) is 10.0 Å². The summed E-state index contributed by atoms with van der Waals surface area (Å²) in [5, 5.41) is 2.74. The molecule has 0 spiro atoms. The Morgan fingerprint density at radius 2 is 1.95 bits per heavy atom. The Kier molecular flexibility index (Phi) is 3.60. The normalized spacial score (nSPS) is 23.0. The summed E-state index contributed by atoms with van der Waals surface area (Å²) in [5.41, 5.74) is 6.41. The highest BCUT2D eigenvalue weighted by Crippen LogP contribution is 2.22. The predicted octanol–water partition coefficient (Wildman–Crippen LogP) is -0.457. The average molecular weight is 310 g/mol. The van der Waals surface area contributed by atoms with Crippen molar-refractivity contribution in [3.63, 3.8) is 0 Å². The molecular weight excluding hydrogens is 292 g/mol. The van der Waals surface area contributed by atoms with Gasteiger partial charge in [0.25, 0.3) is 0 Å². The molecule has 0 radical (unpaired) electrons. The summed E-state index contributed by atoms with van der Waals surface area (Å²) in [4.78, 5) is 13.5. The lowest BCUT2D eigenvalue weighted by Crippen LogP contribution is -2.53. The molecule has 0 saturated carbocycles. The third kappa shape index (κ3) is 2.50. The van der Waals surface area contributed by atoms with Gasteiger partial charge in [0.15, 0.2) is 0 Å². The largest absolute Gasteiger partial charge is 0.336 e. The highest BCUT2D eigenvalue weighted by atomic mass is 32.2. The Labute approximate surface area is 123 Å². The van der Waals surface area contributed by atoms with Crippen LogP contribution in [0.1, 0.15) is 5.56 Å². The summed E-state index contributed by atoms with van der Waals surface area (Å²) in [5.74, 6) is 0. The molecule has 2 fully saturated rings. The van der Waals surface area contributed by atoms with Crippen LogP contribution in [0, 0.1) is 0 Å². The summed E-state index contributed by atoms with van der Waals surface area (Å²) < 4.78 is 26.7. The van der Waals surface area contributed by atoms with Gasteiger partial charge in [-0.05, 0) is 17.7 Å². The number of amides is 2. The van der Waals surface area contributed by atoms with Crippen molar-refractivity contribution in [2.24, 2.45) is 5.73 Å². The number of hydrogen-bond acceptors (Lipinski definition) is 4. The van der Waals surface area contributed by atoms with Crippen LogP contribution in [0.25, 0.3) is 0 Å². The second-order valence-electron chi connectivity index (χ2n) is 5.24. The van der Waals surface area contributed by atoms with E-state index < -0.39 is 10.0 Å². The van der Waals surface area contributed by atoms with Crippen LogP contribution in [0.2, 0.25) is 0 Å². The Hall–Kier alpha value is -1.64. The molecule has 2 aliphatic heterocycles. The number of benzene rings is 1. The fourth-order valence-corrected chi connectivity index (χ4v) is 4.21. The van der Waals surface area contributed by atoms with Crippen LogP contribution in [0.4, 0.5) is 4.79 Å². The van der Waals surface area contributed by atoms with E-state index in [1.54, 1.807) is 29.2 Å². The van der Waals surface area contributed by atoms with Crippen molar-refractivity contribution >= 4 is 16.1 Å². The van der Waals surface area contributed by atoms with E-state index in [2.05, 4.69) is 5.32 Å².